The van der Waals surface area contributed by atoms with Crippen molar-refractivity contribution < 1.29 is 14.5 Å². The zero-order valence-electron chi connectivity index (χ0n) is 12.8. The summed E-state index contributed by atoms with van der Waals surface area (Å²) in [7, 11) is 0. The van der Waals surface area contributed by atoms with Crippen LogP contribution in [0, 0.1) is 10.1 Å². The van der Waals surface area contributed by atoms with Crippen LogP contribution < -0.4 is 10.2 Å². The van der Waals surface area contributed by atoms with Gasteiger partial charge in [-0.3, -0.25) is 14.9 Å². The molecule has 0 unspecified atom stereocenters. The molecule has 2 aromatic rings. The quantitative estimate of drug-likeness (QED) is 0.360. The van der Waals surface area contributed by atoms with Gasteiger partial charge in [0.1, 0.15) is 0 Å². The van der Waals surface area contributed by atoms with Crippen LogP contribution in [0.25, 0.3) is 0 Å². The van der Waals surface area contributed by atoms with Crippen LogP contribution in [0.2, 0.25) is 0 Å². The standard InChI is InChI=1S/C16H15N3O4S/c1-24-13-8-6-12(7-9-13)10-17-18-16(20)11-23-15-5-3-2-4-14(15)19(21)22/h2-10H,11H2,1H3,(H,18,20)/b17-10-. The van der Waals surface area contributed by atoms with E-state index in [0.29, 0.717) is 0 Å². The lowest BCUT2D eigenvalue weighted by atomic mass is 10.2. The molecule has 0 fully saturated rings. The van der Waals surface area contributed by atoms with E-state index in [2.05, 4.69) is 10.5 Å². The smallest absolute Gasteiger partial charge is 0.310 e. The van der Waals surface area contributed by atoms with Crippen molar-refractivity contribution in [2.24, 2.45) is 5.10 Å². The number of carbonyl (C=O) groups is 1. The van der Waals surface area contributed by atoms with Crippen molar-refractivity contribution in [1.29, 1.82) is 0 Å². The Bertz CT molecular complexity index is 747. The number of benzene rings is 2. The van der Waals surface area contributed by atoms with Crippen LogP contribution >= 0.6 is 11.8 Å². The molecule has 0 saturated carbocycles. The van der Waals surface area contributed by atoms with Gasteiger partial charge in [-0.2, -0.15) is 5.10 Å². The highest BCUT2D eigenvalue weighted by Crippen LogP contribution is 2.25. The van der Waals surface area contributed by atoms with Crippen molar-refractivity contribution in [3.05, 3.63) is 64.2 Å². The molecule has 1 amide bonds. The van der Waals surface area contributed by atoms with E-state index in [0.717, 1.165) is 10.5 Å². The number of hydrogen-bond donors (Lipinski definition) is 1. The second-order valence-electron chi connectivity index (χ2n) is 4.58. The lowest BCUT2D eigenvalue weighted by molar-refractivity contribution is -0.385. The molecule has 0 aliphatic heterocycles. The highest BCUT2D eigenvalue weighted by molar-refractivity contribution is 7.98. The molecule has 0 spiro atoms. The number of nitrogens with one attached hydrogen (secondary N) is 1. The Morgan fingerprint density at radius 2 is 2.00 bits per heavy atom. The van der Waals surface area contributed by atoms with Gasteiger partial charge in [0.2, 0.25) is 0 Å². The molecule has 2 rings (SSSR count). The van der Waals surface area contributed by atoms with E-state index in [4.69, 9.17) is 4.74 Å². The number of amides is 1. The van der Waals surface area contributed by atoms with Crippen LogP contribution in [0.4, 0.5) is 5.69 Å². The van der Waals surface area contributed by atoms with Gasteiger partial charge in [0, 0.05) is 11.0 Å². The summed E-state index contributed by atoms with van der Waals surface area (Å²) < 4.78 is 5.16. The maximum absolute atomic E-state index is 11.7. The molecule has 0 atom stereocenters. The molecule has 0 radical (unpaired) electrons. The van der Waals surface area contributed by atoms with Crippen LogP contribution in [-0.4, -0.2) is 29.9 Å². The van der Waals surface area contributed by atoms with E-state index >= 15 is 0 Å². The molecule has 0 aromatic heterocycles. The summed E-state index contributed by atoms with van der Waals surface area (Å²) in [4.78, 5) is 23.1. The molecule has 0 aliphatic rings. The van der Waals surface area contributed by atoms with Crippen LogP contribution in [0.15, 0.2) is 58.5 Å². The minimum absolute atomic E-state index is 0.0364. The number of ether oxygens (including phenoxy) is 1. The molecular weight excluding hydrogens is 330 g/mol. The number of nitro groups is 1. The van der Waals surface area contributed by atoms with Crippen molar-refractivity contribution in [3.63, 3.8) is 0 Å². The average Bonchev–Trinajstić information content (AvgIpc) is 2.60. The van der Waals surface area contributed by atoms with Crippen LogP contribution in [0.3, 0.4) is 0 Å². The third-order valence-electron chi connectivity index (χ3n) is 2.94. The van der Waals surface area contributed by atoms with E-state index in [1.807, 2.05) is 30.5 Å². The number of carbonyl (C=O) groups excluding carboxylic acids is 1. The number of hydrazone groups is 1. The Balaban J connectivity index is 1.85. The molecule has 124 valence electrons. The Morgan fingerprint density at radius 1 is 1.29 bits per heavy atom. The molecule has 2 aromatic carbocycles. The summed E-state index contributed by atoms with van der Waals surface area (Å²) in [5, 5.41) is 14.7. The maximum atomic E-state index is 11.7. The van der Waals surface area contributed by atoms with Crippen molar-refractivity contribution >= 4 is 29.6 Å². The van der Waals surface area contributed by atoms with Gasteiger partial charge in [-0.15, -0.1) is 11.8 Å². The van der Waals surface area contributed by atoms with Gasteiger partial charge in [0.25, 0.3) is 5.91 Å². The normalized spacial score (nSPS) is 10.5. The topological polar surface area (TPSA) is 93.8 Å². The molecule has 1 N–H and O–H groups in total. The van der Waals surface area contributed by atoms with E-state index in [1.54, 1.807) is 17.8 Å². The molecule has 24 heavy (non-hydrogen) atoms. The number of rotatable bonds is 7. The van der Waals surface area contributed by atoms with Gasteiger partial charge in [-0.05, 0) is 30.0 Å². The Morgan fingerprint density at radius 3 is 2.67 bits per heavy atom. The lowest BCUT2D eigenvalue weighted by Gasteiger charge is -2.05. The maximum Gasteiger partial charge on any atom is 0.310 e. The second-order valence-corrected chi connectivity index (χ2v) is 5.46. The predicted octanol–water partition coefficient (Wildman–Crippen LogP) is 2.85. The fourth-order valence-electron chi connectivity index (χ4n) is 1.77. The number of nitrogens with zero attached hydrogens (tertiary/aromatic N) is 2. The average molecular weight is 345 g/mol. The lowest BCUT2D eigenvalue weighted by Crippen LogP contribution is -2.24. The summed E-state index contributed by atoms with van der Waals surface area (Å²) in [5.41, 5.74) is 2.96. The summed E-state index contributed by atoms with van der Waals surface area (Å²) >= 11 is 1.64. The molecule has 0 saturated heterocycles. The van der Waals surface area contributed by atoms with E-state index in [-0.39, 0.29) is 18.0 Å². The molecule has 0 bridgehead atoms. The molecule has 0 heterocycles. The largest absolute Gasteiger partial charge is 0.477 e. The third kappa shape index (κ3) is 5.10. The van der Waals surface area contributed by atoms with Crippen LogP contribution in [0.1, 0.15) is 5.56 Å². The summed E-state index contributed by atoms with van der Waals surface area (Å²) in [6.45, 7) is -0.367. The zero-order chi connectivity index (χ0) is 17.4. The van der Waals surface area contributed by atoms with Crippen LogP contribution in [0.5, 0.6) is 5.75 Å². The first kappa shape index (κ1) is 17.5. The van der Waals surface area contributed by atoms with Gasteiger partial charge in [0.15, 0.2) is 12.4 Å². The van der Waals surface area contributed by atoms with Crippen molar-refractivity contribution in [2.45, 2.75) is 4.90 Å². The first-order chi connectivity index (χ1) is 11.6. The number of para-hydroxylation sites is 2. The van der Waals surface area contributed by atoms with Crippen molar-refractivity contribution in [1.82, 2.24) is 5.43 Å². The fraction of sp³-hybridized carbons (Fsp3) is 0.125. The first-order valence-electron chi connectivity index (χ1n) is 6.92. The van der Waals surface area contributed by atoms with Gasteiger partial charge in [-0.25, -0.2) is 5.43 Å². The number of nitro benzene ring substituents is 1. The van der Waals surface area contributed by atoms with Gasteiger partial charge >= 0.3 is 5.69 Å². The summed E-state index contributed by atoms with van der Waals surface area (Å²) in [6, 6.07) is 13.5. The highest BCUT2D eigenvalue weighted by Gasteiger charge is 2.14. The molecule has 0 aliphatic carbocycles. The van der Waals surface area contributed by atoms with E-state index in [9.17, 15) is 14.9 Å². The summed E-state index contributed by atoms with van der Waals surface area (Å²) in [6.07, 6.45) is 3.49. The van der Waals surface area contributed by atoms with Gasteiger partial charge < -0.3 is 4.74 Å². The predicted molar refractivity (Wildman–Crippen MR) is 92.6 cm³/mol. The van der Waals surface area contributed by atoms with E-state index < -0.39 is 10.8 Å². The van der Waals surface area contributed by atoms with Gasteiger partial charge in [-0.1, -0.05) is 24.3 Å². The monoisotopic (exact) mass is 345 g/mol. The Kier molecular flexibility index (Phi) is 6.32. The minimum Gasteiger partial charge on any atom is -0.477 e. The second kappa shape index (κ2) is 8.68. The van der Waals surface area contributed by atoms with Crippen LogP contribution in [-0.2, 0) is 4.79 Å². The minimum atomic E-state index is -0.566. The highest BCUT2D eigenvalue weighted by atomic mass is 32.2. The van der Waals surface area contributed by atoms with E-state index in [1.165, 1.54) is 24.4 Å². The van der Waals surface area contributed by atoms with Gasteiger partial charge in [0.05, 0.1) is 11.1 Å². The zero-order valence-corrected chi connectivity index (χ0v) is 13.7. The molecule has 8 heteroatoms. The molecular formula is C16H15N3O4S. The Labute approximate surface area is 142 Å². The summed E-state index contributed by atoms with van der Waals surface area (Å²) in [5.74, 6) is -0.473. The first-order valence-corrected chi connectivity index (χ1v) is 8.15. The Hall–Kier alpha value is -2.87. The SMILES string of the molecule is CSc1ccc(/C=N\NC(=O)COc2ccccc2[N+](=O)[O-])cc1. The fourth-order valence-corrected chi connectivity index (χ4v) is 2.18. The van der Waals surface area contributed by atoms with Crippen molar-refractivity contribution in [3.8, 4) is 5.75 Å². The number of thioether (sulfide) groups is 1. The number of hydrogen-bond acceptors (Lipinski definition) is 6. The van der Waals surface area contributed by atoms with Crippen molar-refractivity contribution in [2.75, 3.05) is 12.9 Å². The molecule has 7 nitrogen and oxygen atoms in total. The third-order valence-corrected chi connectivity index (χ3v) is 3.68.